The number of carboxylic acid groups (broad SMARTS) is 4. The SMILES string of the molecule is CNc1nc2ncc(CNc3ccc(C(=O)NC(CCC(=O)CCCNC(=O)CN4CCN(CC(=O)O)CCN(CC(=O)O)CCN(CC(=O)O)CC4)C(=O)O)cc3)nc2c(=O)[nH]1. The Bertz CT molecular complexity index is 2100. The lowest BCUT2D eigenvalue weighted by Crippen LogP contribution is -2.49. The standard InChI is InChI=1S/C39H54N12O12/c1-40-39-46-35-34(37(61)47-39)44-27(20-43-35)19-42-26-6-4-25(5-7-26)36(60)45-29(38(62)63)9-8-28(52)3-2-10-41-30(53)21-48-11-13-49(22-31(54)55)15-17-51(24-33(58)59)18-16-50(14-12-48)23-32(56)57/h4-7,20,29,42H,2-3,8-19,21-24H2,1H3,(H,41,53)(H,45,60)(H,54,55)(H,56,57)(H,58,59)(H,62,63)(H2,40,43,46,47,61). The van der Waals surface area contributed by atoms with Gasteiger partial charge in [-0.3, -0.25) is 58.1 Å². The van der Waals surface area contributed by atoms with Gasteiger partial charge in [0.05, 0.1) is 44.6 Å². The fourth-order valence-electron chi connectivity index (χ4n) is 6.58. The number of rotatable bonds is 22. The van der Waals surface area contributed by atoms with Crippen LogP contribution < -0.4 is 26.8 Å². The lowest BCUT2D eigenvalue weighted by atomic mass is 10.1. The van der Waals surface area contributed by atoms with Gasteiger partial charge in [-0.2, -0.15) is 4.98 Å². The molecule has 3 heterocycles. The van der Waals surface area contributed by atoms with Crippen molar-refractivity contribution in [1.82, 2.24) is 50.2 Å². The number of carbonyl (C=O) groups is 7. The molecule has 24 heteroatoms. The molecule has 0 bridgehead atoms. The minimum absolute atomic E-state index is 0.0430. The zero-order valence-corrected chi connectivity index (χ0v) is 34.9. The molecule has 0 saturated carbocycles. The molecule has 24 nitrogen and oxygen atoms in total. The van der Waals surface area contributed by atoms with Crippen LogP contribution in [0.2, 0.25) is 0 Å². The molecule has 9 N–H and O–H groups in total. The molecule has 2 amide bonds. The molecule has 0 spiro atoms. The van der Waals surface area contributed by atoms with E-state index in [9.17, 15) is 58.8 Å². The van der Waals surface area contributed by atoms with E-state index in [1.165, 1.54) is 18.3 Å². The first-order valence-electron chi connectivity index (χ1n) is 20.2. The zero-order chi connectivity index (χ0) is 45.9. The Morgan fingerprint density at radius 3 is 1.79 bits per heavy atom. The van der Waals surface area contributed by atoms with Crippen LogP contribution in [0.4, 0.5) is 11.6 Å². The van der Waals surface area contributed by atoms with Gasteiger partial charge in [0.2, 0.25) is 11.9 Å². The second-order valence-corrected chi connectivity index (χ2v) is 14.8. The highest BCUT2D eigenvalue weighted by Crippen LogP contribution is 2.13. The lowest BCUT2D eigenvalue weighted by Gasteiger charge is -2.32. The fourth-order valence-corrected chi connectivity index (χ4v) is 6.58. The van der Waals surface area contributed by atoms with Gasteiger partial charge in [-0.15, -0.1) is 0 Å². The summed E-state index contributed by atoms with van der Waals surface area (Å²) in [6.07, 6.45) is 1.50. The molecule has 4 rings (SSSR count). The lowest BCUT2D eigenvalue weighted by molar-refractivity contribution is -0.140. The highest BCUT2D eigenvalue weighted by molar-refractivity contribution is 5.97. The molecule has 63 heavy (non-hydrogen) atoms. The Hall–Kier alpha value is -6.63. The Balaban J connectivity index is 1.20. The number of nitrogens with one attached hydrogen (secondary N) is 5. The van der Waals surface area contributed by atoms with Crippen molar-refractivity contribution in [2.45, 2.75) is 38.3 Å². The highest BCUT2D eigenvalue weighted by atomic mass is 16.4. The summed E-state index contributed by atoms with van der Waals surface area (Å²) >= 11 is 0. The predicted octanol–water partition coefficient (Wildman–Crippen LogP) is -1.73. The summed E-state index contributed by atoms with van der Waals surface area (Å²) in [5.74, 6) is -5.52. The average Bonchev–Trinajstić information content (AvgIpc) is 3.23. The quantitative estimate of drug-likeness (QED) is 0.0506. The van der Waals surface area contributed by atoms with Gasteiger partial charge in [0.25, 0.3) is 11.5 Å². The molecule has 1 fully saturated rings. The molecule has 2 aromatic heterocycles. The van der Waals surface area contributed by atoms with E-state index in [0.29, 0.717) is 11.4 Å². The molecular weight excluding hydrogens is 829 g/mol. The van der Waals surface area contributed by atoms with Gasteiger partial charge < -0.3 is 41.7 Å². The van der Waals surface area contributed by atoms with Crippen LogP contribution in [0.25, 0.3) is 11.2 Å². The van der Waals surface area contributed by atoms with E-state index in [0.717, 1.165) is 0 Å². The van der Waals surface area contributed by atoms with Gasteiger partial charge in [-0.25, -0.2) is 14.8 Å². The van der Waals surface area contributed by atoms with E-state index in [1.807, 2.05) is 0 Å². The van der Waals surface area contributed by atoms with Crippen LogP contribution in [-0.4, -0.2) is 200 Å². The molecular formula is C39H54N12O12. The number of aromatic amines is 1. The van der Waals surface area contributed by atoms with Crippen LogP contribution in [0.1, 0.15) is 41.7 Å². The number of Topliss-reactive ketones (excluding diaryl/α,β-unsaturated/α-hetero) is 1. The smallest absolute Gasteiger partial charge is 0.326 e. The molecule has 0 aliphatic carbocycles. The summed E-state index contributed by atoms with van der Waals surface area (Å²) in [5.41, 5.74) is 1.08. The Kier molecular flexibility index (Phi) is 19.2. The minimum atomic E-state index is -1.34. The number of hydrogen-bond acceptors (Lipinski definition) is 17. The number of amides is 2. The summed E-state index contributed by atoms with van der Waals surface area (Å²) < 4.78 is 0. The summed E-state index contributed by atoms with van der Waals surface area (Å²) in [5, 5.41) is 49.0. The molecule has 1 unspecified atom stereocenters. The fraction of sp³-hybridized carbons (Fsp3) is 0.513. The van der Waals surface area contributed by atoms with Crippen LogP contribution >= 0.6 is 0 Å². The number of aromatic nitrogens is 4. The van der Waals surface area contributed by atoms with Crippen LogP contribution in [0.15, 0.2) is 35.3 Å². The zero-order valence-electron chi connectivity index (χ0n) is 34.9. The van der Waals surface area contributed by atoms with Crippen molar-refractivity contribution in [3.8, 4) is 0 Å². The van der Waals surface area contributed by atoms with Gasteiger partial charge >= 0.3 is 23.9 Å². The van der Waals surface area contributed by atoms with Crippen molar-refractivity contribution in [1.29, 1.82) is 0 Å². The number of ketones is 1. The summed E-state index contributed by atoms with van der Waals surface area (Å²) in [6, 6.07) is 4.88. The maximum atomic E-state index is 12.9. The van der Waals surface area contributed by atoms with E-state index < -0.39 is 41.4 Å². The minimum Gasteiger partial charge on any atom is -0.480 e. The number of carboxylic acids is 4. The molecule has 1 atom stereocenters. The Morgan fingerprint density at radius 2 is 1.29 bits per heavy atom. The van der Waals surface area contributed by atoms with E-state index in [-0.39, 0.29) is 152 Å². The largest absolute Gasteiger partial charge is 0.480 e. The molecule has 1 aliphatic rings. The van der Waals surface area contributed by atoms with Gasteiger partial charge in [0.15, 0.2) is 11.2 Å². The normalized spacial score (nSPS) is 15.3. The van der Waals surface area contributed by atoms with Crippen molar-refractivity contribution in [3.05, 3.63) is 52.1 Å². The van der Waals surface area contributed by atoms with E-state index >= 15 is 0 Å². The number of benzene rings is 1. The Labute approximate surface area is 361 Å². The number of H-pyrrole nitrogens is 1. The van der Waals surface area contributed by atoms with Crippen LogP contribution in [-0.2, 0) is 35.3 Å². The van der Waals surface area contributed by atoms with Crippen molar-refractivity contribution < 1.29 is 54.0 Å². The molecule has 342 valence electrons. The highest BCUT2D eigenvalue weighted by Gasteiger charge is 2.23. The monoisotopic (exact) mass is 882 g/mol. The second-order valence-electron chi connectivity index (χ2n) is 14.8. The summed E-state index contributed by atoms with van der Waals surface area (Å²) in [4.78, 5) is 119. The second kappa shape index (κ2) is 24.7. The number of aliphatic carboxylic acids is 4. The van der Waals surface area contributed by atoms with Crippen molar-refractivity contribution >= 4 is 64.3 Å². The number of hydrogen-bond donors (Lipinski definition) is 9. The van der Waals surface area contributed by atoms with Crippen LogP contribution in [0, 0.1) is 0 Å². The third-order valence-electron chi connectivity index (χ3n) is 9.97. The first-order chi connectivity index (χ1) is 30.1. The van der Waals surface area contributed by atoms with Gasteiger partial charge in [0.1, 0.15) is 11.8 Å². The molecule has 1 aliphatic heterocycles. The van der Waals surface area contributed by atoms with Gasteiger partial charge in [-0.05, 0) is 37.1 Å². The first kappa shape index (κ1) is 49.0. The maximum Gasteiger partial charge on any atom is 0.326 e. The van der Waals surface area contributed by atoms with E-state index in [4.69, 9.17) is 0 Å². The summed E-state index contributed by atoms with van der Waals surface area (Å²) in [7, 11) is 1.61. The average molecular weight is 883 g/mol. The predicted molar refractivity (Wildman–Crippen MR) is 225 cm³/mol. The van der Waals surface area contributed by atoms with Gasteiger partial charge in [0, 0.05) is 90.0 Å². The number of nitrogens with zero attached hydrogens (tertiary/aromatic N) is 7. The van der Waals surface area contributed by atoms with Crippen LogP contribution in [0.3, 0.4) is 0 Å². The van der Waals surface area contributed by atoms with Crippen molar-refractivity contribution in [3.63, 3.8) is 0 Å². The number of fused-ring (bicyclic) bond motifs is 1. The van der Waals surface area contributed by atoms with Crippen LogP contribution in [0.5, 0.6) is 0 Å². The molecule has 1 aromatic carbocycles. The number of anilines is 2. The van der Waals surface area contributed by atoms with Crippen molar-refractivity contribution in [2.75, 3.05) is 103 Å². The third-order valence-corrected chi connectivity index (χ3v) is 9.97. The number of carbonyl (C=O) groups excluding carboxylic acids is 3. The molecule has 1 saturated heterocycles. The molecule has 0 radical (unpaired) electrons. The maximum absolute atomic E-state index is 12.9. The first-order valence-corrected chi connectivity index (χ1v) is 20.2. The van der Waals surface area contributed by atoms with E-state index in [1.54, 1.807) is 38.8 Å². The topological polar surface area (TPSA) is 333 Å². The third kappa shape index (κ3) is 17.3. The van der Waals surface area contributed by atoms with Crippen molar-refractivity contribution in [2.24, 2.45) is 0 Å². The van der Waals surface area contributed by atoms with Gasteiger partial charge in [-0.1, -0.05) is 0 Å². The molecule has 3 aromatic rings. The summed E-state index contributed by atoms with van der Waals surface area (Å²) in [6.45, 7) is 1.42. The Morgan fingerprint density at radius 1 is 0.746 bits per heavy atom. The van der Waals surface area contributed by atoms with E-state index in [2.05, 4.69) is 41.2 Å².